The molecule has 0 aromatic heterocycles. The van der Waals surface area contributed by atoms with Gasteiger partial charge in [-0.3, -0.25) is 4.79 Å². The highest BCUT2D eigenvalue weighted by Gasteiger charge is 2.22. The lowest BCUT2D eigenvalue weighted by Gasteiger charge is -2.21. The summed E-state index contributed by atoms with van der Waals surface area (Å²) in [5.74, 6) is 0.0746. The highest BCUT2D eigenvalue weighted by atomic mass is 32.2. The van der Waals surface area contributed by atoms with Crippen molar-refractivity contribution in [2.45, 2.75) is 55.9 Å². The van der Waals surface area contributed by atoms with Crippen LogP contribution in [0.5, 0.6) is 5.75 Å². The number of rotatable bonds is 6. The van der Waals surface area contributed by atoms with Crippen molar-refractivity contribution in [2.75, 3.05) is 12.4 Å². The average molecular weight is 417 g/mol. The van der Waals surface area contributed by atoms with Crippen LogP contribution < -0.4 is 14.8 Å². The van der Waals surface area contributed by atoms with E-state index in [1.54, 1.807) is 30.3 Å². The van der Waals surface area contributed by atoms with Gasteiger partial charge in [-0.05, 0) is 43.2 Å². The summed E-state index contributed by atoms with van der Waals surface area (Å²) in [5, 5.41) is 2.76. The first-order valence-corrected chi connectivity index (χ1v) is 11.5. The summed E-state index contributed by atoms with van der Waals surface area (Å²) in [6.07, 6.45) is 7.30. The molecule has 29 heavy (non-hydrogen) atoms. The lowest BCUT2D eigenvalue weighted by atomic mass is 9.97. The number of hydrogen-bond acceptors (Lipinski definition) is 4. The quantitative estimate of drug-likeness (QED) is 0.734. The van der Waals surface area contributed by atoms with Gasteiger partial charge in [0.15, 0.2) is 0 Å². The summed E-state index contributed by atoms with van der Waals surface area (Å²) in [7, 11) is -2.21. The standard InChI is InChI=1S/C22H28N2O4S/c1-28-21-15-14-19(16-20(21)23-22(25)17-10-6-5-7-11-17)29(26,27)24-18-12-8-3-2-4-9-13-18/h5-7,10-11,14-16,18,24H,2-4,8-9,12-13H2,1H3,(H,23,25). The summed E-state index contributed by atoms with van der Waals surface area (Å²) in [4.78, 5) is 12.6. The summed E-state index contributed by atoms with van der Waals surface area (Å²) in [6, 6.07) is 13.2. The van der Waals surface area contributed by atoms with Crippen molar-refractivity contribution in [1.82, 2.24) is 4.72 Å². The van der Waals surface area contributed by atoms with Crippen LogP contribution in [0.4, 0.5) is 5.69 Å². The maximum Gasteiger partial charge on any atom is 0.255 e. The van der Waals surface area contributed by atoms with Gasteiger partial charge in [0, 0.05) is 11.6 Å². The smallest absolute Gasteiger partial charge is 0.255 e. The van der Waals surface area contributed by atoms with E-state index in [0.29, 0.717) is 17.0 Å². The maximum absolute atomic E-state index is 12.9. The Morgan fingerprint density at radius 3 is 2.28 bits per heavy atom. The highest BCUT2D eigenvalue weighted by molar-refractivity contribution is 7.89. The van der Waals surface area contributed by atoms with Crippen LogP contribution >= 0.6 is 0 Å². The number of hydrogen-bond donors (Lipinski definition) is 2. The molecule has 0 bridgehead atoms. The molecule has 0 saturated heterocycles. The summed E-state index contributed by atoms with van der Waals surface area (Å²) < 4.78 is 34.0. The minimum Gasteiger partial charge on any atom is -0.495 e. The van der Waals surface area contributed by atoms with Crippen LogP contribution in [0.2, 0.25) is 0 Å². The number of carbonyl (C=O) groups excluding carboxylic acids is 1. The van der Waals surface area contributed by atoms with Crippen molar-refractivity contribution in [3.8, 4) is 5.75 Å². The van der Waals surface area contributed by atoms with Gasteiger partial charge in [-0.2, -0.15) is 0 Å². The van der Waals surface area contributed by atoms with Crippen LogP contribution in [0, 0.1) is 0 Å². The molecule has 156 valence electrons. The Morgan fingerprint density at radius 1 is 0.966 bits per heavy atom. The van der Waals surface area contributed by atoms with Crippen LogP contribution in [-0.2, 0) is 10.0 Å². The largest absolute Gasteiger partial charge is 0.495 e. The Kier molecular flexibility index (Phi) is 7.28. The number of methoxy groups -OCH3 is 1. The summed E-state index contributed by atoms with van der Waals surface area (Å²) in [6.45, 7) is 0. The number of carbonyl (C=O) groups is 1. The minimum absolute atomic E-state index is 0.0511. The molecule has 0 radical (unpaired) electrons. The van der Waals surface area contributed by atoms with E-state index in [1.165, 1.54) is 25.7 Å². The van der Waals surface area contributed by atoms with Gasteiger partial charge in [0.2, 0.25) is 10.0 Å². The molecule has 1 aliphatic carbocycles. The molecule has 0 unspecified atom stereocenters. The van der Waals surface area contributed by atoms with Gasteiger partial charge in [-0.25, -0.2) is 13.1 Å². The number of benzene rings is 2. The Bertz CT molecular complexity index is 921. The number of amides is 1. The van der Waals surface area contributed by atoms with E-state index < -0.39 is 10.0 Å². The molecule has 2 aromatic rings. The molecule has 0 aliphatic heterocycles. The van der Waals surface area contributed by atoms with Crippen molar-refractivity contribution in [3.63, 3.8) is 0 Å². The normalized spacial score (nSPS) is 15.9. The van der Waals surface area contributed by atoms with Crippen LogP contribution in [0.15, 0.2) is 53.4 Å². The Labute approximate surface area is 172 Å². The fraction of sp³-hybridized carbons (Fsp3) is 0.409. The van der Waals surface area contributed by atoms with Gasteiger partial charge in [0.1, 0.15) is 5.75 Å². The number of anilines is 1. The molecule has 1 fully saturated rings. The predicted octanol–water partition coefficient (Wildman–Crippen LogP) is 4.34. The van der Waals surface area contributed by atoms with Gasteiger partial charge in [0.05, 0.1) is 17.7 Å². The molecule has 0 heterocycles. The van der Waals surface area contributed by atoms with Crippen LogP contribution in [0.3, 0.4) is 0 Å². The summed E-state index contributed by atoms with van der Waals surface area (Å²) >= 11 is 0. The molecule has 3 rings (SSSR count). The Hall–Kier alpha value is -2.38. The van der Waals surface area contributed by atoms with Gasteiger partial charge in [0.25, 0.3) is 5.91 Å². The van der Waals surface area contributed by atoms with Crippen molar-refractivity contribution in [2.24, 2.45) is 0 Å². The van der Waals surface area contributed by atoms with Gasteiger partial charge in [-0.1, -0.05) is 50.3 Å². The molecule has 2 aromatic carbocycles. The molecule has 1 amide bonds. The van der Waals surface area contributed by atoms with Crippen LogP contribution in [0.25, 0.3) is 0 Å². The fourth-order valence-electron chi connectivity index (χ4n) is 3.60. The van der Waals surface area contributed by atoms with E-state index in [2.05, 4.69) is 10.0 Å². The van der Waals surface area contributed by atoms with E-state index in [-0.39, 0.29) is 16.8 Å². The molecular weight excluding hydrogens is 388 g/mol. The molecule has 1 aliphatic rings. The van der Waals surface area contributed by atoms with E-state index in [0.717, 1.165) is 38.5 Å². The Morgan fingerprint density at radius 2 is 1.62 bits per heavy atom. The molecule has 1 saturated carbocycles. The van der Waals surface area contributed by atoms with Crippen molar-refractivity contribution < 1.29 is 17.9 Å². The first kappa shape index (κ1) is 21.3. The van der Waals surface area contributed by atoms with E-state index in [1.807, 2.05) is 6.07 Å². The number of nitrogens with one attached hydrogen (secondary N) is 2. The third kappa shape index (κ3) is 5.81. The lowest BCUT2D eigenvalue weighted by molar-refractivity contribution is 0.102. The number of sulfonamides is 1. The van der Waals surface area contributed by atoms with Crippen LogP contribution in [0.1, 0.15) is 55.3 Å². The fourth-order valence-corrected chi connectivity index (χ4v) is 4.93. The van der Waals surface area contributed by atoms with E-state index in [4.69, 9.17) is 4.74 Å². The van der Waals surface area contributed by atoms with Gasteiger partial charge < -0.3 is 10.1 Å². The first-order chi connectivity index (χ1) is 14.0. The average Bonchev–Trinajstić information content (AvgIpc) is 2.70. The lowest BCUT2D eigenvalue weighted by Crippen LogP contribution is -2.35. The minimum atomic E-state index is -3.69. The molecule has 7 heteroatoms. The third-order valence-electron chi connectivity index (χ3n) is 5.19. The molecule has 2 N–H and O–H groups in total. The monoisotopic (exact) mass is 416 g/mol. The van der Waals surface area contributed by atoms with E-state index in [9.17, 15) is 13.2 Å². The first-order valence-electron chi connectivity index (χ1n) is 10.1. The Balaban J connectivity index is 1.80. The zero-order valence-corrected chi connectivity index (χ0v) is 17.5. The SMILES string of the molecule is COc1ccc(S(=O)(=O)NC2CCCCCCC2)cc1NC(=O)c1ccccc1. The highest BCUT2D eigenvalue weighted by Crippen LogP contribution is 2.28. The van der Waals surface area contributed by atoms with E-state index >= 15 is 0 Å². The molecule has 0 spiro atoms. The maximum atomic E-state index is 12.9. The summed E-state index contributed by atoms with van der Waals surface area (Å²) in [5.41, 5.74) is 0.803. The van der Waals surface area contributed by atoms with Crippen LogP contribution in [-0.4, -0.2) is 27.5 Å². The molecular formula is C22H28N2O4S. The van der Waals surface area contributed by atoms with Crippen molar-refractivity contribution in [1.29, 1.82) is 0 Å². The van der Waals surface area contributed by atoms with Crippen molar-refractivity contribution in [3.05, 3.63) is 54.1 Å². The third-order valence-corrected chi connectivity index (χ3v) is 6.71. The van der Waals surface area contributed by atoms with Crippen molar-refractivity contribution >= 4 is 21.6 Å². The predicted molar refractivity (Wildman–Crippen MR) is 114 cm³/mol. The second-order valence-electron chi connectivity index (χ2n) is 7.35. The second kappa shape index (κ2) is 9.89. The second-order valence-corrected chi connectivity index (χ2v) is 9.06. The molecule has 0 atom stereocenters. The van der Waals surface area contributed by atoms with Gasteiger partial charge in [-0.15, -0.1) is 0 Å². The zero-order valence-electron chi connectivity index (χ0n) is 16.7. The molecule has 6 nitrogen and oxygen atoms in total. The van der Waals surface area contributed by atoms with Gasteiger partial charge >= 0.3 is 0 Å². The number of ether oxygens (including phenoxy) is 1. The topological polar surface area (TPSA) is 84.5 Å². The zero-order chi connectivity index (χ0) is 20.7.